The Morgan fingerprint density at radius 2 is 2.10 bits per heavy atom. The summed E-state index contributed by atoms with van der Waals surface area (Å²) >= 11 is 0. The van der Waals surface area contributed by atoms with Gasteiger partial charge in [-0.2, -0.15) is 5.26 Å². The summed E-state index contributed by atoms with van der Waals surface area (Å²) in [5.74, 6) is 0.758. The first-order valence-electron chi connectivity index (χ1n) is 6.20. The van der Waals surface area contributed by atoms with Crippen molar-refractivity contribution in [3.8, 4) is 17.6 Å². The van der Waals surface area contributed by atoms with Gasteiger partial charge in [-0.1, -0.05) is 6.07 Å². The summed E-state index contributed by atoms with van der Waals surface area (Å²) in [5.41, 5.74) is 0.727. The number of hydrogen-bond donors (Lipinski definition) is 1. The number of carbonyl (C=O) groups excluding carboxylic acids is 1. The van der Waals surface area contributed by atoms with E-state index in [0.717, 1.165) is 0 Å². The van der Waals surface area contributed by atoms with Crippen molar-refractivity contribution in [3.63, 3.8) is 0 Å². The molecule has 1 N–H and O–H groups in total. The second-order valence-corrected chi connectivity index (χ2v) is 4.33. The number of nitriles is 1. The number of nitrogens with zero attached hydrogens (tertiary/aromatic N) is 1. The number of ether oxygens (including phenoxy) is 2. The maximum Gasteiger partial charge on any atom is 0.261 e. The van der Waals surface area contributed by atoms with Crippen LogP contribution in [-0.4, -0.2) is 26.2 Å². The summed E-state index contributed by atoms with van der Waals surface area (Å²) in [6, 6.07) is 7.10. The lowest BCUT2D eigenvalue weighted by atomic mass is 10.1. The van der Waals surface area contributed by atoms with Gasteiger partial charge in [0.1, 0.15) is 11.6 Å². The highest BCUT2D eigenvalue weighted by Crippen LogP contribution is 2.29. The molecule has 0 aliphatic heterocycles. The van der Waals surface area contributed by atoms with Crippen LogP contribution < -0.4 is 14.8 Å². The van der Waals surface area contributed by atoms with Crippen molar-refractivity contribution >= 4 is 12.0 Å². The predicted octanol–water partition coefficient (Wildman–Crippen LogP) is 2.14. The molecule has 0 aliphatic carbocycles. The molecule has 1 aromatic rings. The molecule has 20 heavy (non-hydrogen) atoms. The maximum atomic E-state index is 11.5. The second-order valence-electron chi connectivity index (χ2n) is 4.33. The van der Waals surface area contributed by atoms with Crippen molar-refractivity contribution in [2.75, 3.05) is 14.2 Å². The highest BCUT2D eigenvalue weighted by Gasteiger charge is 2.09. The number of methoxy groups -OCH3 is 1. The van der Waals surface area contributed by atoms with Gasteiger partial charge in [0.25, 0.3) is 5.91 Å². The van der Waals surface area contributed by atoms with Gasteiger partial charge >= 0.3 is 0 Å². The highest BCUT2D eigenvalue weighted by molar-refractivity contribution is 6.01. The van der Waals surface area contributed by atoms with Crippen LogP contribution in [0.1, 0.15) is 19.4 Å². The van der Waals surface area contributed by atoms with E-state index in [4.69, 9.17) is 14.7 Å². The lowest BCUT2D eigenvalue weighted by Crippen LogP contribution is -2.19. The van der Waals surface area contributed by atoms with E-state index in [-0.39, 0.29) is 11.7 Å². The van der Waals surface area contributed by atoms with E-state index < -0.39 is 5.91 Å². The van der Waals surface area contributed by atoms with Crippen LogP contribution in [0.25, 0.3) is 6.08 Å². The van der Waals surface area contributed by atoms with E-state index in [2.05, 4.69) is 5.32 Å². The number of nitrogens with one attached hydrogen (secondary N) is 1. The van der Waals surface area contributed by atoms with Gasteiger partial charge in [-0.3, -0.25) is 4.79 Å². The van der Waals surface area contributed by atoms with E-state index in [9.17, 15) is 4.79 Å². The lowest BCUT2D eigenvalue weighted by Gasteiger charge is -2.13. The number of carbonyl (C=O) groups is 1. The SMILES string of the molecule is CNC(=O)/C(C#N)=C/c1ccc(OC(C)C)c(OC)c1. The third-order valence-electron chi connectivity index (χ3n) is 2.45. The Labute approximate surface area is 118 Å². The van der Waals surface area contributed by atoms with Gasteiger partial charge in [0.05, 0.1) is 13.2 Å². The Bertz CT molecular complexity index is 557. The van der Waals surface area contributed by atoms with Gasteiger partial charge in [-0.15, -0.1) is 0 Å². The average Bonchev–Trinajstić information content (AvgIpc) is 2.44. The molecule has 106 valence electrons. The fraction of sp³-hybridized carbons (Fsp3) is 0.333. The van der Waals surface area contributed by atoms with Gasteiger partial charge < -0.3 is 14.8 Å². The first kappa shape index (κ1) is 15.6. The molecule has 0 spiro atoms. The largest absolute Gasteiger partial charge is 0.493 e. The molecular weight excluding hydrogens is 256 g/mol. The van der Waals surface area contributed by atoms with E-state index in [0.29, 0.717) is 17.1 Å². The van der Waals surface area contributed by atoms with Gasteiger partial charge in [0, 0.05) is 7.05 Å². The number of hydrogen-bond acceptors (Lipinski definition) is 4. The molecule has 0 aromatic heterocycles. The molecule has 0 bridgehead atoms. The summed E-state index contributed by atoms with van der Waals surface area (Å²) in [7, 11) is 3.02. The molecule has 0 heterocycles. The zero-order valence-corrected chi connectivity index (χ0v) is 12.1. The molecule has 0 unspecified atom stereocenters. The first-order chi connectivity index (χ1) is 9.51. The number of amides is 1. The van der Waals surface area contributed by atoms with Crippen molar-refractivity contribution in [2.45, 2.75) is 20.0 Å². The molecule has 0 saturated heterocycles. The number of rotatable bonds is 5. The summed E-state index contributed by atoms with van der Waals surface area (Å²) < 4.78 is 10.9. The maximum absolute atomic E-state index is 11.5. The van der Waals surface area contributed by atoms with E-state index >= 15 is 0 Å². The van der Waals surface area contributed by atoms with Crippen LogP contribution in [0.3, 0.4) is 0 Å². The summed E-state index contributed by atoms with van der Waals surface area (Å²) in [6.45, 7) is 3.85. The Balaban J connectivity index is 3.13. The topological polar surface area (TPSA) is 71.4 Å². The van der Waals surface area contributed by atoms with E-state index in [1.165, 1.54) is 13.1 Å². The van der Waals surface area contributed by atoms with Crippen molar-refractivity contribution in [3.05, 3.63) is 29.3 Å². The quantitative estimate of drug-likeness (QED) is 0.659. The van der Waals surface area contributed by atoms with Crippen LogP contribution in [-0.2, 0) is 4.79 Å². The van der Waals surface area contributed by atoms with E-state index in [1.807, 2.05) is 19.9 Å². The number of benzene rings is 1. The Kier molecular flexibility index (Phi) is 5.60. The van der Waals surface area contributed by atoms with Crippen LogP contribution in [0, 0.1) is 11.3 Å². The van der Waals surface area contributed by atoms with Crippen molar-refractivity contribution in [1.29, 1.82) is 5.26 Å². The van der Waals surface area contributed by atoms with Crippen LogP contribution in [0.15, 0.2) is 23.8 Å². The minimum absolute atomic E-state index is 0.0332. The van der Waals surface area contributed by atoms with Gasteiger partial charge in [-0.05, 0) is 37.6 Å². The van der Waals surface area contributed by atoms with Crippen molar-refractivity contribution in [2.24, 2.45) is 0 Å². The Morgan fingerprint density at radius 3 is 2.60 bits per heavy atom. The zero-order chi connectivity index (χ0) is 15.1. The van der Waals surface area contributed by atoms with Crippen LogP contribution in [0.2, 0.25) is 0 Å². The molecule has 1 amide bonds. The van der Waals surface area contributed by atoms with Gasteiger partial charge in [-0.25, -0.2) is 0 Å². The van der Waals surface area contributed by atoms with E-state index in [1.54, 1.807) is 25.3 Å². The second kappa shape index (κ2) is 7.19. The highest BCUT2D eigenvalue weighted by atomic mass is 16.5. The summed E-state index contributed by atoms with van der Waals surface area (Å²) in [4.78, 5) is 11.5. The number of likely N-dealkylation sites (N-methyl/N-ethyl adjacent to an activating group) is 1. The third-order valence-corrected chi connectivity index (χ3v) is 2.45. The Morgan fingerprint density at radius 1 is 1.40 bits per heavy atom. The molecule has 0 aliphatic rings. The fourth-order valence-corrected chi connectivity index (χ4v) is 1.58. The minimum Gasteiger partial charge on any atom is -0.493 e. The minimum atomic E-state index is -0.422. The summed E-state index contributed by atoms with van der Waals surface area (Å²) in [6.07, 6.45) is 1.53. The molecular formula is C15H18N2O3. The van der Waals surface area contributed by atoms with Crippen molar-refractivity contribution in [1.82, 2.24) is 5.32 Å². The molecule has 0 fully saturated rings. The fourth-order valence-electron chi connectivity index (χ4n) is 1.58. The molecule has 1 aromatic carbocycles. The smallest absolute Gasteiger partial charge is 0.261 e. The van der Waals surface area contributed by atoms with Gasteiger partial charge in [0.15, 0.2) is 11.5 Å². The molecule has 0 radical (unpaired) electrons. The molecule has 0 saturated carbocycles. The Hall–Kier alpha value is -2.48. The van der Waals surface area contributed by atoms with Gasteiger partial charge in [0.2, 0.25) is 0 Å². The molecule has 1 rings (SSSR count). The normalized spacial score (nSPS) is 10.9. The molecule has 5 heteroatoms. The van der Waals surface area contributed by atoms with Crippen LogP contribution >= 0.6 is 0 Å². The molecule has 0 atom stereocenters. The lowest BCUT2D eigenvalue weighted by molar-refractivity contribution is -0.116. The third kappa shape index (κ3) is 4.02. The summed E-state index contributed by atoms with van der Waals surface area (Å²) in [5, 5.41) is 11.4. The first-order valence-corrected chi connectivity index (χ1v) is 6.20. The van der Waals surface area contributed by atoms with Crippen molar-refractivity contribution < 1.29 is 14.3 Å². The monoisotopic (exact) mass is 274 g/mol. The van der Waals surface area contributed by atoms with Crippen LogP contribution in [0.5, 0.6) is 11.5 Å². The molecule has 5 nitrogen and oxygen atoms in total. The standard InChI is InChI=1S/C15H18N2O3/c1-10(2)20-13-6-5-11(8-14(13)19-4)7-12(9-16)15(18)17-3/h5-8,10H,1-4H3,(H,17,18)/b12-7+. The zero-order valence-electron chi connectivity index (χ0n) is 12.1. The predicted molar refractivity (Wildman–Crippen MR) is 76.4 cm³/mol. The van der Waals surface area contributed by atoms with Crippen LogP contribution in [0.4, 0.5) is 0 Å². The average molecular weight is 274 g/mol.